The third-order valence-electron chi connectivity index (χ3n) is 3.58. The van der Waals surface area contributed by atoms with Crippen LogP contribution in [0.4, 0.5) is 5.13 Å². The van der Waals surface area contributed by atoms with Gasteiger partial charge >= 0.3 is 0 Å². The fraction of sp³-hybridized carbons (Fsp3) is 0.118. The summed E-state index contributed by atoms with van der Waals surface area (Å²) in [6.07, 6.45) is 0. The third kappa shape index (κ3) is 4.89. The van der Waals surface area contributed by atoms with E-state index in [1.54, 1.807) is 36.4 Å². The molecule has 2 N–H and O–H groups in total. The summed E-state index contributed by atoms with van der Waals surface area (Å²) in [5, 5.41) is 10.5. The van der Waals surface area contributed by atoms with Gasteiger partial charge in [-0.3, -0.25) is 10.1 Å². The first-order valence-electron chi connectivity index (χ1n) is 7.80. The Balaban J connectivity index is 1.67. The van der Waals surface area contributed by atoms with Crippen molar-refractivity contribution >= 4 is 44.0 Å². The minimum atomic E-state index is -3.88. The highest BCUT2D eigenvalue weighted by atomic mass is 35.5. The lowest BCUT2D eigenvalue weighted by molar-refractivity contribution is 0.102. The van der Waals surface area contributed by atoms with Crippen LogP contribution in [0.1, 0.15) is 21.5 Å². The number of amides is 1. The molecule has 3 rings (SSSR count). The van der Waals surface area contributed by atoms with E-state index < -0.39 is 10.0 Å². The minimum absolute atomic E-state index is 0.0205. The molecule has 1 aromatic heterocycles. The smallest absolute Gasteiger partial charge is 0.270 e. The van der Waals surface area contributed by atoms with E-state index in [2.05, 4.69) is 20.2 Å². The number of carbonyl (C=O) groups is 1. The van der Waals surface area contributed by atoms with Gasteiger partial charge in [0.25, 0.3) is 15.9 Å². The van der Waals surface area contributed by atoms with Gasteiger partial charge in [-0.1, -0.05) is 58.8 Å². The summed E-state index contributed by atoms with van der Waals surface area (Å²) in [6.45, 7) is 1.94. The molecule has 0 radical (unpaired) electrons. The van der Waals surface area contributed by atoms with Crippen molar-refractivity contribution in [1.82, 2.24) is 14.9 Å². The lowest BCUT2D eigenvalue weighted by Crippen LogP contribution is -2.23. The van der Waals surface area contributed by atoms with E-state index in [1.165, 1.54) is 0 Å². The fourth-order valence-electron chi connectivity index (χ4n) is 2.12. The number of rotatable bonds is 6. The molecule has 27 heavy (non-hydrogen) atoms. The normalized spacial score (nSPS) is 11.3. The monoisotopic (exact) mass is 422 g/mol. The zero-order valence-corrected chi connectivity index (χ0v) is 16.5. The second-order valence-electron chi connectivity index (χ2n) is 5.61. The largest absolute Gasteiger partial charge is 0.296 e. The van der Waals surface area contributed by atoms with Gasteiger partial charge in [0.1, 0.15) is 0 Å². The number of hydrogen-bond acceptors (Lipinski definition) is 6. The molecule has 0 aliphatic carbocycles. The molecule has 0 bridgehead atoms. The molecule has 0 saturated carbocycles. The summed E-state index contributed by atoms with van der Waals surface area (Å²) >= 11 is 6.79. The molecule has 2 aromatic carbocycles. The summed E-state index contributed by atoms with van der Waals surface area (Å²) in [4.78, 5) is 12.2. The van der Waals surface area contributed by atoms with Crippen molar-refractivity contribution in [3.63, 3.8) is 0 Å². The molecule has 7 nitrogen and oxygen atoms in total. The number of aryl methyl sites for hydroxylation is 1. The summed E-state index contributed by atoms with van der Waals surface area (Å²) in [5.41, 5.74) is 2.11. The van der Waals surface area contributed by atoms with Gasteiger partial charge in [0.2, 0.25) is 9.47 Å². The van der Waals surface area contributed by atoms with E-state index >= 15 is 0 Å². The van der Waals surface area contributed by atoms with Gasteiger partial charge in [0.15, 0.2) is 0 Å². The first kappa shape index (κ1) is 19.4. The lowest BCUT2D eigenvalue weighted by Gasteiger charge is -2.05. The number of aromatic nitrogens is 2. The number of halogens is 1. The number of sulfonamides is 1. The molecule has 1 heterocycles. The van der Waals surface area contributed by atoms with Crippen molar-refractivity contribution in [2.75, 3.05) is 5.32 Å². The Kier molecular flexibility index (Phi) is 5.85. The van der Waals surface area contributed by atoms with Gasteiger partial charge in [-0.25, -0.2) is 13.1 Å². The van der Waals surface area contributed by atoms with Crippen LogP contribution in [0.25, 0.3) is 0 Å². The minimum Gasteiger partial charge on any atom is -0.296 e. The van der Waals surface area contributed by atoms with Crippen LogP contribution in [0, 0.1) is 6.92 Å². The van der Waals surface area contributed by atoms with Crippen molar-refractivity contribution in [3.05, 3.63) is 70.2 Å². The lowest BCUT2D eigenvalue weighted by atomic mass is 10.1. The zero-order chi connectivity index (χ0) is 19.4. The van der Waals surface area contributed by atoms with Crippen molar-refractivity contribution in [3.8, 4) is 0 Å². The summed E-state index contributed by atoms with van der Waals surface area (Å²) in [6, 6.07) is 13.9. The Morgan fingerprint density at radius 2 is 1.81 bits per heavy atom. The molecule has 0 atom stereocenters. The molecule has 0 unspecified atom stereocenters. The number of nitrogens with one attached hydrogen (secondary N) is 2. The standard InChI is InChI=1S/C17H15ClN4O3S2/c1-11-6-8-12(9-7-11)15(23)20-16-21-22-17(26-16)27(24,25)19-10-13-4-2-3-5-14(13)18/h2-9,19H,10H2,1H3,(H,20,21,23). The summed E-state index contributed by atoms with van der Waals surface area (Å²) in [5.74, 6) is -0.390. The van der Waals surface area contributed by atoms with Gasteiger partial charge in [-0.15, -0.1) is 10.2 Å². The first-order chi connectivity index (χ1) is 12.8. The van der Waals surface area contributed by atoms with Gasteiger partial charge in [0.05, 0.1) is 0 Å². The second-order valence-corrected chi connectivity index (χ2v) is 8.93. The van der Waals surface area contributed by atoms with Crippen molar-refractivity contribution < 1.29 is 13.2 Å². The molecule has 0 aliphatic rings. The average Bonchev–Trinajstić information content (AvgIpc) is 3.11. The van der Waals surface area contributed by atoms with Crippen molar-refractivity contribution in [1.29, 1.82) is 0 Å². The van der Waals surface area contributed by atoms with Crippen LogP contribution in [0.15, 0.2) is 52.9 Å². The Bertz CT molecular complexity index is 1070. The number of hydrogen-bond donors (Lipinski definition) is 2. The van der Waals surface area contributed by atoms with Gasteiger partial charge in [-0.05, 0) is 30.7 Å². The maximum Gasteiger partial charge on any atom is 0.270 e. The molecule has 0 aliphatic heterocycles. The highest BCUT2D eigenvalue weighted by Gasteiger charge is 2.21. The highest BCUT2D eigenvalue weighted by Crippen LogP contribution is 2.21. The van der Waals surface area contributed by atoms with Gasteiger partial charge in [0, 0.05) is 17.1 Å². The van der Waals surface area contributed by atoms with E-state index in [4.69, 9.17) is 11.6 Å². The third-order valence-corrected chi connectivity index (χ3v) is 6.56. The molecule has 3 aromatic rings. The molecule has 1 amide bonds. The molecule has 0 saturated heterocycles. The van der Waals surface area contributed by atoms with Crippen LogP contribution >= 0.6 is 22.9 Å². The number of anilines is 1. The number of nitrogens with zero attached hydrogens (tertiary/aromatic N) is 2. The molecule has 10 heteroatoms. The predicted octanol–water partition coefficient (Wildman–Crippen LogP) is 3.23. The van der Waals surface area contributed by atoms with E-state index in [0.717, 1.165) is 16.9 Å². The number of benzene rings is 2. The van der Waals surface area contributed by atoms with E-state index in [-0.39, 0.29) is 21.9 Å². The average molecular weight is 423 g/mol. The maximum absolute atomic E-state index is 12.4. The van der Waals surface area contributed by atoms with Crippen LogP contribution in [-0.2, 0) is 16.6 Å². The Hall–Kier alpha value is -2.33. The van der Waals surface area contributed by atoms with Crippen LogP contribution in [0.3, 0.4) is 0 Å². The van der Waals surface area contributed by atoms with E-state index in [1.807, 2.05) is 19.1 Å². The Labute approximate surface area is 165 Å². The Morgan fingerprint density at radius 1 is 1.11 bits per heavy atom. The van der Waals surface area contributed by atoms with Crippen LogP contribution in [0.2, 0.25) is 5.02 Å². The highest BCUT2D eigenvalue weighted by molar-refractivity contribution is 7.91. The van der Waals surface area contributed by atoms with Crippen molar-refractivity contribution in [2.24, 2.45) is 0 Å². The SMILES string of the molecule is Cc1ccc(C(=O)Nc2nnc(S(=O)(=O)NCc3ccccc3Cl)s2)cc1. The fourth-order valence-corrected chi connectivity index (χ4v) is 4.26. The maximum atomic E-state index is 12.4. The number of carbonyl (C=O) groups excluding carboxylic acids is 1. The molecule has 0 fully saturated rings. The molecular formula is C17H15ClN4O3S2. The second kappa shape index (κ2) is 8.13. The van der Waals surface area contributed by atoms with E-state index in [9.17, 15) is 13.2 Å². The predicted molar refractivity (Wildman–Crippen MR) is 105 cm³/mol. The van der Waals surface area contributed by atoms with Crippen LogP contribution < -0.4 is 10.0 Å². The van der Waals surface area contributed by atoms with Gasteiger partial charge < -0.3 is 0 Å². The van der Waals surface area contributed by atoms with Gasteiger partial charge in [-0.2, -0.15) is 0 Å². The molecular weight excluding hydrogens is 408 g/mol. The Morgan fingerprint density at radius 3 is 2.52 bits per heavy atom. The topological polar surface area (TPSA) is 101 Å². The van der Waals surface area contributed by atoms with Crippen molar-refractivity contribution in [2.45, 2.75) is 17.8 Å². The summed E-state index contributed by atoms with van der Waals surface area (Å²) < 4.78 is 26.9. The summed E-state index contributed by atoms with van der Waals surface area (Å²) in [7, 11) is -3.88. The molecule has 140 valence electrons. The first-order valence-corrected chi connectivity index (χ1v) is 10.5. The quantitative estimate of drug-likeness (QED) is 0.594. The van der Waals surface area contributed by atoms with Crippen LogP contribution in [0.5, 0.6) is 0 Å². The van der Waals surface area contributed by atoms with E-state index in [0.29, 0.717) is 16.1 Å². The van der Waals surface area contributed by atoms with Crippen LogP contribution in [-0.4, -0.2) is 24.5 Å². The zero-order valence-electron chi connectivity index (χ0n) is 14.1. The molecule has 0 spiro atoms.